The summed E-state index contributed by atoms with van der Waals surface area (Å²) in [5, 5.41) is 9.04. The Morgan fingerprint density at radius 1 is 1.37 bits per heavy atom. The van der Waals surface area contributed by atoms with Crippen molar-refractivity contribution in [1.82, 2.24) is 4.98 Å². The monoisotopic (exact) mass is 275 g/mol. The molecule has 1 aromatic rings. The Morgan fingerprint density at radius 3 is 2.53 bits per heavy atom. The van der Waals surface area contributed by atoms with Crippen LogP contribution in [0.5, 0.6) is 0 Å². The lowest BCUT2D eigenvalue weighted by atomic mass is 10.2. The fraction of sp³-hybridized carbons (Fsp3) is 0.583. The number of hydrogen-bond donors (Lipinski definition) is 2. The summed E-state index contributed by atoms with van der Waals surface area (Å²) in [6.45, 7) is 0.263. The Morgan fingerprint density at radius 2 is 2.05 bits per heavy atom. The molecule has 0 aliphatic heterocycles. The lowest BCUT2D eigenvalue weighted by molar-refractivity contribution is -0.141. The number of rotatable bonds is 5. The fourth-order valence-electron chi connectivity index (χ4n) is 2.00. The highest BCUT2D eigenvalue weighted by molar-refractivity contribution is 5.50. The maximum absolute atomic E-state index is 12.7. The lowest BCUT2D eigenvalue weighted by Crippen LogP contribution is -2.31. The molecule has 1 heterocycles. The number of aliphatic hydroxyl groups excluding tert-OH is 1. The van der Waals surface area contributed by atoms with Gasteiger partial charge in [0.2, 0.25) is 0 Å². The number of aliphatic hydroxyl groups is 1. The zero-order chi connectivity index (χ0) is 14.0. The van der Waals surface area contributed by atoms with Gasteiger partial charge in [-0.25, -0.2) is 4.98 Å². The van der Waals surface area contributed by atoms with Crippen LogP contribution >= 0.6 is 0 Å². The highest BCUT2D eigenvalue weighted by Crippen LogP contribution is 2.35. The molecule has 0 aromatic carbocycles. The second-order valence-corrected chi connectivity index (χ2v) is 4.53. The lowest BCUT2D eigenvalue weighted by Gasteiger charge is -2.25. The highest BCUT2D eigenvalue weighted by atomic mass is 19.4. The fourth-order valence-corrected chi connectivity index (χ4v) is 2.00. The SMILES string of the molecule is NCc1ccc(C(F)(F)F)nc1N(CCO)C1CC1. The maximum atomic E-state index is 12.7. The first-order chi connectivity index (χ1) is 8.97. The van der Waals surface area contributed by atoms with E-state index in [1.54, 1.807) is 4.90 Å². The van der Waals surface area contributed by atoms with Gasteiger partial charge in [0, 0.05) is 24.7 Å². The van der Waals surface area contributed by atoms with E-state index in [4.69, 9.17) is 10.8 Å². The molecule has 4 nitrogen and oxygen atoms in total. The number of nitrogens with two attached hydrogens (primary N) is 1. The summed E-state index contributed by atoms with van der Waals surface area (Å²) in [7, 11) is 0. The van der Waals surface area contributed by atoms with Crippen LogP contribution in [-0.4, -0.2) is 29.3 Å². The molecule has 0 spiro atoms. The number of pyridine rings is 1. The number of aromatic nitrogens is 1. The predicted octanol–water partition coefficient (Wildman–Crippen LogP) is 1.52. The minimum absolute atomic E-state index is 0.120. The first kappa shape index (κ1) is 14.1. The van der Waals surface area contributed by atoms with Crippen LogP contribution in [0.15, 0.2) is 12.1 Å². The molecule has 1 aliphatic rings. The van der Waals surface area contributed by atoms with Crippen LogP contribution in [0.1, 0.15) is 24.1 Å². The van der Waals surface area contributed by atoms with E-state index in [0.29, 0.717) is 5.56 Å². The molecule has 0 atom stereocenters. The molecule has 0 unspecified atom stereocenters. The molecule has 1 saturated carbocycles. The minimum atomic E-state index is -4.48. The first-order valence-corrected chi connectivity index (χ1v) is 6.12. The first-order valence-electron chi connectivity index (χ1n) is 6.12. The van der Waals surface area contributed by atoms with Crippen molar-refractivity contribution in [3.63, 3.8) is 0 Å². The van der Waals surface area contributed by atoms with Gasteiger partial charge in [0.05, 0.1) is 6.61 Å². The third-order valence-electron chi connectivity index (χ3n) is 3.07. The zero-order valence-electron chi connectivity index (χ0n) is 10.3. The minimum Gasteiger partial charge on any atom is -0.395 e. The van der Waals surface area contributed by atoms with Gasteiger partial charge in [-0.2, -0.15) is 13.2 Å². The van der Waals surface area contributed by atoms with Gasteiger partial charge in [0.1, 0.15) is 11.5 Å². The van der Waals surface area contributed by atoms with Crippen molar-refractivity contribution in [2.45, 2.75) is 31.6 Å². The molecule has 2 rings (SSSR count). The second-order valence-electron chi connectivity index (χ2n) is 4.53. The number of alkyl halides is 3. The molecule has 0 radical (unpaired) electrons. The number of halogens is 3. The number of nitrogens with zero attached hydrogens (tertiary/aromatic N) is 2. The summed E-state index contributed by atoms with van der Waals surface area (Å²) in [5.41, 5.74) is 5.19. The molecular formula is C12H16F3N3O. The van der Waals surface area contributed by atoms with Crippen molar-refractivity contribution in [2.75, 3.05) is 18.1 Å². The van der Waals surface area contributed by atoms with Crippen LogP contribution in [0.25, 0.3) is 0 Å². The Bertz CT molecular complexity index is 446. The molecule has 106 valence electrons. The standard InChI is InChI=1S/C12H16F3N3O/c13-12(14,15)10-4-1-8(7-16)11(17-10)18(5-6-19)9-2-3-9/h1,4,9,19H,2-3,5-7,16H2. The van der Waals surface area contributed by atoms with Crippen molar-refractivity contribution >= 4 is 5.82 Å². The Balaban J connectivity index is 2.39. The summed E-state index contributed by atoms with van der Waals surface area (Å²) in [4.78, 5) is 5.42. The van der Waals surface area contributed by atoms with Crippen molar-refractivity contribution in [1.29, 1.82) is 0 Å². The Kier molecular flexibility index (Phi) is 3.96. The number of hydrogen-bond acceptors (Lipinski definition) is 4. The maximum Gasteiger partial charge on any atom is 0.433 e. The van der Waals surface area contributed by atoms with Gasteiger partial charge >= 0.3 is 6.18 Å². The van der Waals surface area contributed by atoms with E-state index in [0.717, 1.165) is 18.9 Å². The van der Waals surface area contributed by atoms with Gasteiger partial charge in [-0.05, 0) is 18.9 Å². The normalized spacial score (nSPS) is 15.6. The molecule has 7 heteroatoms. The van der Waals surface area contributed by atoms with Gasteiger partial charge < -0.3 is 15.7 Å². The van der Waals surface area contributed by atoms with E-state index in [1.165, 1.54) is 6.07 Å². The molecule has 19 heavy (non-hydrogen) atoms. The molecule has 1 fully saturated rings. The summed E-state index contributed by atoms with van der Waals surface area (Å²) in [6.07, 6.45) is -2.67. The van der Waals surface area contributed by atoms with E-state index in [9.17, 15) is 13.2 Å². The van der Waals surface area contributed by atoms with Crippen LogP contribution in [0.2, 0.25) is 0 Å². The van der Waals surface area contributed by atoms with Crippen molar-refractivity contribution in [3.8, 4) is 0 Å². The van der Waals surface area contributed by atoms with Crippen LogP contribution in [0.3, 0.4) is 0 Å². The van der Waals surface area contributed by atoms with E-state index in [-0.39, 0.29) is 31.6 Å². The van der Waals surface area contributed by atoms with E-state index < -0.39 is 11.9 Å². The third-order valence-corrected chi connectivity index (χ3v) is 3.07. The quantitative estimate of drug-likeness (QED) is 0.855. The van der Waals surface area contributed by atoms with Gasteiger partial charge in [0.25, 0.3) is 0 Å². The van der Waals surface area contributed by atoms with Crippen LogP contribution < -0.4 is 10.6 Å². The Hall–Kier alpha value is -1.34. The molecule has 0 bridgehead atoms. The van der Waals surface area contributed by atoms with Crippen LogP contribution in [0.4, 0.5) is 19.0 Å². The zero-order valence-corrected chi connectivity index (χ0v) is 10.3. The van der Waals surface area contributed by atoms with Crippen molar-refractivity contribution in [3.05, 3.63) is 23.4 Å². The summed E-state index contributed by atoms with van der Waals surface area (Å²) >= 11 is 0. The molecule has 1 aliphatic carbocycles. The number of anilines is 1. The highest BCUT2D eigenvalue weighted by Gasteiger charge is 2.35. The largest absolute Gasteiger partial charge is 0.433 e. The Labute approximate surface area is 109 Å². The third kappa shape index (κ3) is 3.16. The summed E-state index contributed by atoms with van der Waals surface area (Å²) < 4.78 is 38.1. The van der Waals surface area contributed by atoms with E-state index in [1.807, 2.05) is 0 Å². The van der Waals surface area contributed by atoms with E-state index >= 15 is 0 Å². The molecule has 0 amide bonds. The molecule has 1 aromatic heterocycles. The van der Waals surface area contributed by atoms with Crippen LogP contribution in [0, 0.1) is 0 Å². The summed E-state index contributed by atoms with van der Waals surface area (Å²) in [6, 6.07) is 2.46. The molecule has 0 saturated heterocycles. The van der Waals surface area contributed by atoms with Gasteiger partial charge in [-0.1, -0.05) is 6.07 Å². The van der Waals surface area contributed by atoms with Crippen molar-refractivity contribution in [2.24, 2.45) is 5.73 Å². The van der Waals surface area contributed by atoms with Crippen molar-refractivity contribution < 1.29 is 18.3 Å². The topological polar surface area (TPSA) is 62.4 Å². The molecular weight excluding hydrogens is 259 g/mol. The van der Waals surface area contributed by atoms with Gasteiger partial charge in [0.15, 0.2) is 0 Å². The predicted molar refractivity (Wildman–Crippen MR) is 64.6 cm³/mol. The smallest absolute Gasteiger partial charge is 0.395 e. The van der Waals surface area contributed by atoms with Gasteiger partial charge in [-0.3, -0.25) is 0 Å². The van der Waals surface area contributed by atoms with E-state index in [2.05, 4.69) is 4.98 Å². The summed E-state index contributed by atoms with van der Waals surface area (Å²) in [5.74, 6) is 0.244. The second kappa shape index (κ2) is 5.34. The average Bonchev–Trinajstić information content (AvgIpc) is 3.18. The van der Waals surface area contributed by atoms with Crippen LogP contribution in [-0.2, 0) is 12.7 Å². The molecule has 3 N–H and O–H groups in total. The average molecular weight is 275 g/mol. The van der Waals surface area contributed by atoms with Gasteiger partial charge in [-0.15, -0.1) is 0 Å².